The fraction of sp³-hybridized carbons (Fsp3) is 1.00. The van der Waals surface area contributed by atoms with E-state index >= 15 is 0 Å². The molecule has 0 aliphatic heterocycles. The summed E-state index contributed by atoms with van der Waals surface area (Å²) < 4.78 is 0. The van der Waals surface area contributed by atoms with Crippen molar-refractivity contribution in [2.24, 2.45) is 0 Å². The summed E-state index contributed by atoms with van der Waals surface area (Å²) in [4.78, 5) is 0. The zero-order valence-corrected chi connectivity index (χ0v) is 6.56. The second kappa shape index (κ2) is 2.72. The minimum Gasteiger partial charge on any atom is -0.393 e. The maximum atomic E-state index is 8.17. The summed E-state index contributed by atoms with van der Waals surface area (Å²) >= 11 is 0. The Morgan fingerprint density at radius 2 is 1.60 bits per heavy atom. The van der Waals surface area contributed by atoms with Gasteiger partial charge >= 0.3 is 0 Å². The van der Waals surface area contributed by atoms with Gasteiger partial charge in [-0.25, -0.2) is 0 Å². The number of hydrogen-bond donors (Lipinski definition) is 1. The van der Waals surface area contributed by atoms with Gasteiger partial charge in [0.05, 0.1) is 6.10 Å². The topological polar surface area (TPSA) is 20.2 Å². The van der Waals surface area contributed by atoms with Crippen molar-refractivity contribution in [3.05, 3.63) is 0 Å². The van der Waals surface area contributed by atoms with E-state index in [1.165, 1.54) is 0 Å². The van der Waals surface area contributed by atoms with Crippen LogP contribution in [0.4, 0.5) is 0 Å². The maximum Gasteiger partial charge on any atom is 0.0542 e. The summed E-state index contributed by atoms with van der Waals surface area (Å²) in [5.41, 5.74) is 0. The first kappa shape index (κ1) is 6.60. The van der Waals surface area contributed by atoms with E-state index in [9.17, 15) is 0 Å². The van der Waals surface area contributed by atoms with Crippen molar-refractivity contribution in [2.45, 2.75) is 18.9 Å². The van der Waals surface area contributed by atoms with E-state index in [2.05, 4.69) is 0 Å². The van der Waals surface area contributed by atoms with Gasteiger partial charge in [0.2, 0.25) is 0 Å². The number of rotatable bonds is 0. The Morgan fingerprint density at radius 1 is 1.40 bits per heavy atom. The number of hydrogen-bond acceptors (Lipinski definition) is 1. The van der Waals surface area contributed by atoms with Crippen molar-refractivity contribution in [3.63, 3.8) is 0 Å². The SMILES string of the molecule is OC1CC1.[K]. The van der Waals surface area contributed by atoms with Crippen molar-refractivity contribution < 1.29 is 5.11 Å². The molecule has 0 aromatic heterocycles. The second-order valence-electron chi connectivity index (χ2n) is 1.23. The van der Waals surface area contributed by atoms with Crippen LogP contribution in [0.3, 0.4) is 0 Å². The summed E-state index contributed by atoms with van der Waals surface area (Å²) in [6.45, 7) is 0. The molecular formula is C3H6KO. The number of aliphatic hydroxyl groups is 1. The van der Waals surface area contributed by atoms with E-state index in [1.54, 1.807) is 0 Å². The summed E-state index contributed by atoms with van der Waals surface area (Å²) in [5, 5.41) is 8.17. The minimum absolute atomic E-state index is 0. The first-order valence-corrected chi connectivity index (χ1v) is 1.57. The molecule has 0 saturated heterocycles. The molecule has 1 fully saturated rings. The van der Waals surface area contributed by atoms with Gasteiger partial charge in [-0.1, -0.05) is 0 Å². The molecular weight excluding hydrogens is 91.1 g/mol. The molecule has 0 unspecified atom stereocenters. The fourth-order valence-corrected chi connectivity index (χ4v) is 0.0745. The largest absolute Gasteiger partial charge is 0.393 e. The Hall–Kier alpha value is 1.60. The van der Waals surface area contributed by atoms with Crippen LogP contribution in [0.15, 0.2) is 0 Å². The molecule has 0 amide bonds. The van der Waals surface area contributed by atoms with E-state index < -0.39 is 0 Å². The molecule has 1 rings (SSSR count). The molecule has 5 heavy (non-hydrogen) atoms. The maximum absolute atomic E-state index is 8.17. The van der Waals surface area contributed by atoms with Gasteiger partial charge in [0.25, 0.3) is 0 Å². The van der Waals surface area contributed by atoms with E-state index in [-0.39, 0.29) is 57.5 Å². The number of aliphatic hydroxyl groups excluding tert-OH is 1. The molecule has 1 radical (unpaired) electrons. The fourth-order valence-electron chi connectivity index (χ4n) is 0.0745. The third kappa shape index (κ3) is 3.43. The molecule has 1 aliphatic rings. The van der Waals surface area contributed by atoms with Crippen molar-refractivity contribution in [3.8, 4) is 0 Å². The van der Waals surface area contributed by atoms with Crippen molar-refractivity contribution >= 4 is 51.4 Å². The van der Waals surface area contributed by atoms with Gasteiger partial charge in [-0.15, -0.1) is 0 Å². The van der Waals surface area contributed by atoms with Gasteiger partial charge in [0.15, 0.2) is 0 Å². The zero-order chi connectivity index (χ0) is 2.99. The van der Waals surface area contributed by atoms with Crippen LogP contribution in [0.2, 0.25) is 0 Å². The first-order valence-electron chi connectivity index (χ1n) is 1.57. The molecule has 0 aromatic carbocycles. The molecule has 25 valence electrons. The van der Waals surface area contributed by atoms with Crippen LogP contribution in [0, 0.1) is 0 Å². The van der Waals surface area contributed by atoms with E-state index in [1.807, 2.05) is 0 Å². The third-order valence-electron chi connectivity index (χ3n) is 0.547. The summed E-state index contributed by atoms with van der Waals surface area (Å²) in [7, 11) is 0. The van der Waals surface area contributed by atoms with E-state index in [0.717, 1.165) is 12.8 Å². The zero-order valence-electron chi connectivity index (χ0n) is 3.44. The molecule has 0 aromatic rings. The quantitative estimate of drug-likeness (QED) is 0.414. The monoisotopic (exact) mass is 97.0 g/mol. The van der Waals surface area contributed by atoms with Crippen LogP contribution >= 0.6 is 0 Å². The van der Waals surface area contributed by atoms with Crippen LogP contribution in [0.1, 0.15) is 12.8 Å². The Bertz CT molecular complexity index is 26.1. The summed E-state index contributed by atoms with van der Waals surface area (Å²) in [5.74, 6) is 0. The summed E-state index contributed by atoms with van der Waals surface area (Å²) in [6.07, 6.45) is 2.17. The van der Waals surface area contributed by atoms with Gasteiger partial charge < -0.3 is 5.11 Å². The predicted octanol–water partition coefficient (Wildman–Crippen LogP) is -0.240. The van der Waals surface area contributed by atoms with Crippen LogP contribution in [0.25, 0.3) is 0 Å². The average molecular weight is 97.2 g/mol. The Balaban J connectivity index is 0.000000160. The molecule has 1 nitrogen and oxygen atoms in total. The van der Waals surface area contributed by atoms with Crippen LogP contribution in [-0.2, 0) is 0 Å². The standard InChI is InChI=1S/C3H6O.K/c4-3-1-2-3;/h3-4H,1-2H2;. The normalized spacial score (nSPS) is 21.0. The van der Waals surface area contributed by atoms with Crippen molar-refractivity contribution in [1.82, 2.24) is 0 Å². The third-order valence-corrected chi connectivity index (χ3v) is 0.547. The molecule has 0 atom stereocenters. The molecule has 1 N–H and O–H groups in total. The first-order chi connectivity index (χ1) is 1.89. The molecule has 1 saturated carbocycles. The molecule has 2 heteroatoms. The van der Waals surface area contributed by atoms with Crippen LogP contribution < -0.4 is 0 Å². The van der Waals surface area contributed by atoms with E-state index in [0.29, 0.717) is 0 Å². The Kier molecular flexibility index (Phi) is 3.58. The van der Waals surface area contributed by atoms with Gasteiger partial charge in [-0.05, 0) is 12.8 Å². The van der Waals surface area contributed by atoms with Gasteiger partial charge in [-0.3, -0.25) is 0 Å². The van der Waals surface area contributed by atoms with Crippen LogP contribution in [0.5, 0.6) is 0 Å². The predicted molar refractivity (Wildman–Crippen MR) is 21.0 cm³/mol. The van der Waals surface area contributed by atoms with Gasteiger partial charge in [-0.2, -0.15) is 0 Å². The minimum atomic E-state index is 0. The molecule has 0 spiro atoms. The Morgan fingerprint density at radius 3 is 1.60 bits per heavy atom. The summed E-state index contributed by atoms with van der Waals surface area (Å²) in [6, 6.07) is 0. The van der Waals surface area contributed by atoms with Crippen molar-refractivity contribution in [1.29, 1.82) is 0 Å². The van der Waals surface area contributed by atoms with Gasteiger partial charge in [0, 0.05) is 51.4 Å². The molecule has 1 aliphatic carbocycles. The average Bonchev–Trinajstić information content (AvgIpc) is 1.75. The molecule has 0 heterocycles. The van der Waals surface area contributed by atoms with Gasteiger partial charge in [0.1, 0.15) is 0 Å². The van der Waals surface area contributed by atoms with E-state index in [4.69, 9.17) is 5.11 Å². The molecule has 0 bridgehead atoms. The Labute approximate surface area is 74.2 Å². The second-order valence-corrected chi connectivity index (χ2v) is 1.23. The van der Waals surface area contributed by atoms with Crippen molar-refractivity contribution in [2.75, 3.05) is 0 Å². The van der Waals surface area contributed by atoms with Crippen LogP contribution in [-0.4, -0.2) is 62.6 Å². The smallest absolute Gasteiger partial charge is 0.0542 e.